The Kier molecular flexibility index (Phi) is 12.1. The molecule has 0 aromatic heterocycles. The van der Waals surface area contributed by atoms with Crippen molar-refractivity contribution in [2.24, 2.45) is 11.7 Å². The third-order valence-corrected chi connectivity index (χ3v) is 2.71. The maximum atomic E-state index is 11.7. The fraction of sp³-hybridized carbons (Fsp3) is 0.846. The number of nitrogens with two attached hydrogens (primary N) is 1. The predicted molar refractivity (Wildman–Crippen MR) is 78.2 cm³/mol. The van der Waals surface area contributed by atoms with Crippen LogP contribution in [0.1, 0.15) is 19.8 Å². The lowest BCUT2D eigenvalue weighted by molar-refractivity contribution is -0.129. The van der Waals surface area contributed by atoms with Crippen molar-refractivity contribution >= 4 is 11.8 Å². The summed E-state index contributed by atoms with van der Waals surface area (Å²) >= 11 is 0. The molecule has 0 radical (unpaired) electrons. The predicted octanol–water partition coefficient (Wildman–Crippen LogP) is -1.17. The fourth-order valence-electron chi connectivity index (χ4n) is 1.56. The third-order valence-electron chi connectivity index (χ3n) is 2.71. The number of nitrogens with one attached hydrogen (secondary N) is 3. The van der Waals surface area contributed by atoms with E-state index in [1.54, 1.807) is 14.0 Å². The summed E-state index contributed by atoms with van der Waals surface area (Å²) in [7, 11) is 1.62. The van der Waals surface area contributed by atoms with Gasteiger partial charge in [0, 0.05) is 58.8 Å². The van der Waals surface area contributed by atoms with Crippen LogP contribution >= 0.6 is 0 Å². The maximum absolute atomic E-state index is 11.7. The van der Waals surface area contributed by atoms with E-state index in [0.29, 0.717) is 32.8 Å². The summed E-state index contributed by atoms with van der Waals surface area (Å²) in [5.41, 5.74) is 5.33. The Labute approximate surface area is 121 Å². The summed E-state index contributed by atoms with van der Waals surface area (Å²) in [6.45, 7) is 5.47. The molecule has 0 saturated heterocycles. The van der Waals surface area contributed by atoms with Crippen LogP contribution in [0, 0.1) is 5.92 Å². The third kappa shape index (κ3) is 10.7. The second-order valence-electron chi connectivity index (χ2n) is 4.63. The van der Waals surface area contributed by atoms with Gasteiger partial charge < -0.3 is 26.4 Å². The molecule has 0 aliphatic rings. The summed E-state index contributed by atoms with van der Waals surface area (Å²) in [4.78, 5) is 23.3. The van der Waals surface area contributed by atoms with Gasteiger partial charge in [0.2, 0.25) is 11.8 Å². The van der Waals surface area contributed by atoms with Crippen LogP contribution in [-0.4, -0.2) is 58.3 Å². The molecule has 0 aromatic carbocycles. The zero-order chi connectivity index (χ0) is 15.2. The van der Waals surface area contributed by atoms with Crippen molar-refractivity contribution in [3.05, 3.63) is 0 Å². The lowest BCUT2D eigenvalue weighted by atomic mass is 10.1. The molecule has 0 aliphatic heterocycles. The summed E-state index contributed by atoms with van der Waals surface area (Å²) in [5, 5.41) is 8.62. The first-order valence-electron chi connectivity index (χ1n) is 7.06. The number of ether oxygens (including phenoxy) is 1. The minimum Gasteiger partial charge on any atom is -0.385 e. The topological polar surface area (TPSA) is 105 Å². The molecule has 0 spiro atoms. The zero-order valence-electron chi connectivity index (χ0n) is 12.5. The van der Waals surface area contributed by atoms with Gasteiger partial charge in [-0.2, -0.15) is 0 Å². The fourth-order valence-corrected chi connectivity index (χ4v) is 1.56. The summed E-state index contributed by atoms with van der Waals surface area (Å²) in [6, 6.07) is 0. The van der Waals surface area contributed by atoms with Gasteiger partial charge in [0.05, 0.1) is 0 Å². The highest BCUT2D eigenvalue weighted by Gasteiger charge is 2.16. The number of methoxy groups -OCH3 is 1. The molecule has 7 heteroatoms. The molecule has 0 saturated carbocycles. The largest absolute Gasteiger partial charge is 0.385 e. The van der Waals surface area contributed by atoms with Gasteiger partial charge in [0.25, 0.3) is 0 Å². The smallest absolute Gasteiger partial charge is 0.223 e. The van der Waals surface area contributed by atoms with Gasteiger partial charge in [-0.3, -0.25) is 9.59 Å². The Morgan fingerprint density at radius 3 is 2.55 bits per heavy atom. The van der Waals surface area contributed by atoms with Crippen molar-refractivity contribution in [3.63, 3.8) is 0 Å². The Morgan fingerprint density at radius 2 is 1.90 bits per heavy atom. The molecule has 20 heavy (non-hydrogen) atoms. The van der Waals surface area contributed by atoms with E-state index in [4.69, 9.17) is 10.5 Å². The molecule has 0 fully saturated rings. The van der Waals surface area contributed by atoms with Gasteiger partial charge in [-0.05, 0) is 6.42 Å². The van der Waals surface area contributed by atoms with E-state index in [1.165, 1.54) is 0 Å². The van der Waals surface area contributed by atoms with Crippen molar-refractivity contribution in [1.82, 2.24) is 16.0 Å². The molecule has 1 unspecified atom stereocenters. The van der Waals surface area contributed by atoms with Crippen LogP contribution in [0.25, 0.3) is 0 Å². The molecular formula is C13H28N4O3. The highest BCUT2D eigenvalue weighted by Crippen LogP contribution is 2.01. The van der Waals surface area contributed by atoms with Gasteiger partial charge in [-0.25, -0.2) is 0 Å². The Balaban J connectivity index is 3.64. The lowest BCUT2D eigenvalue weighted by Crippen LogP contribution is -2.37. The average molecular weight is 288 g/mol. The summed E-state index contributed by atoms with van der Waals surface area (Å²) in [5.74, 6) is -0.536. The molecule has 0 aromatic rings. The van der Waals surface area contributed by atoms with Gasteiger partial charge in [0.15, 0.2) is 0 Å². The highest BCUT2D eigenvalue weighted by atomic mass is 16.5. The van der Waals surface area contributed by atoms with Crippen LogP contribution in [0.4, 0.5) is 0 Å². The lowest BCUT2D eigenvalue weighted by Gasteiger charge is -2.12. The standard InChI is InChI=1S/C13H28N4O3/c1-11(13(19)17-5-3-9-20-2)10-12(18)16-8-7-15-6-4-14/h11,15H,3-10,14H2,1-2H3,(H,16,18)(H,17,19). The minimum absolute atomic E-state index is 0.0995. The molecular weight excluding hydrogens is 260 g/mol. The number of rotatable bonds is 12. The first-order valence-corrected chi connectivity index (χ1v) is 7.06. The van der Waals surface area contributed by atoms with Gasteiger partial charge in [0.1, 0.15) is 0 Å². The molecule has 0 aliphatic carbocycles. The van der Waals surface area contributed by atoms with E-state index in [2.05, 4.69) is 16.0 Å². The van der Waals surface area contributed by atoms with Crippen LogP contribution in [0.2, 0.25) is 0 Å². The second kappa shape index (κ2) is 12.8. The van der Waals surface area contributed by atoms with Crippen molar-refractivity contribution in [2.75, 3.05) is 46.4 Å². The molecule has 7 nitrogen and oxygen atoms in total. The van der Waals surface area contributed by atoms with Crippen molar-refractivity contribution in [1.29, 1.82) is 0 Å². The molecule has 0 bridgehead atoms. The molecule has 0 rings (SSSR count). The maximum Gasteiger partial charge on any atom is 0.223 e. The molecule has 5 N–H and O–H groups in total. The summed E-state index contributed by atoms with van der Waals surface area (Å²) < 4.78 is 4.89. The van der Waals surface area contributed by atoms with Crippen molar-refractivity contribution in [2.45, 2.75) is 19.8 Å². The number of carbonyl (C=O) groups excluding carboxylic acids is 2. The Hall–Kier alpha value is -1.18. The zero-order valence-corrected chi connectivity index (χ0v) is 12.5. The molecule has 2 amide bonds. The van der Waals surface area contributed by atoms with Gasteiger partial charge in [-0.1, -0.05) is 6.92 Å². The number of carbonyl (C=O) groups is 2. The first kappa shape index (κ1) is 18.8. The van der Waals surface area contributed by atoms with Crippen LogP contribution < -0.4 is 21.7 Å². The van der Waals surface area contributed by atoms with Crippen LogP contribution in [-0.2, 0) is 14.3 Å². The van der Waals surface area contributed by atoms with Crippen molar-refractivity contribution < 1.29 is 14.3 Å². The molecule has 0 heterocycles. The Bertz CT molecular complexity index is 274. The van der Waals surface area contributed by atoms with E-state index in [0.717, 1.165) is 13.0 Å². The highest BCUT2D eigenvalue weighted by molar-refractivity contribution is 5.85. The molecule has 1 atom stereocenters. The minimum atomic E-state index is -0.324. The number of amides is 2. The monoisotopic (exact) mass is 288 g/mol. The van der Waals surface area contributed by atoms with E-state index in [1.807, 2.05) is 0 Å². The molecule has 118 valence electrons. The second-order valence-corrected chi connectivity index (χ2v) is 4.63. The van der Waals surface area contributed by atoms with Crippen LogP contribution in [0.3, 0.4) is 0 Å². The Morgan fingerprint density at radius 1 is 1.15 bits per heavy atom. The average Bonchev–Trinajstić information content (AvgIpc) is 2.43. The summed E-state index contributed by atoms with van der Waals surface area (Å²) in [6.07, 6.45) is 0.973. The van der Waals surface area contributed by atoms with Gasteiger partial charge >= 0.3 is 0 Å². The van der Waals surface area contributed by atoms with Crippen molar-refractivity contribution in [3.8, 4) is 0 Å². The van der Waals surface area contributed by atoms with Gasteiger partial charge in [-0.15, -0.1) is 0 Å². The van der Waals surface area contributed by atoms with E-state index < -0.39 is 0 Å². The SMILES string of the molecule is COCCCNC(=O)C(C)CC(=O)NCCNCCN. The van der Waals surface area contributed by atoms with E-state index >= 15 is 0 Å². The number of hydrogen-bond donors (Lipinski definition) is 4. The van der Waals surface area contributed by atoms with E-state index in [-0.39, 0.29) is 24.2 Å². The first-order chi connectivity index (χ1) is 9.61. The van der Waals surface area contributed by atoms with E-state index in [9.17, 15) is 9.59 Å². The normalized spacial score (nSPS) is 11.9. The van der Waals surface area contributed by atoms with Crippen LogP contribution in [0.5, 0.6) is 0 Å². The quantitative estimate of drug-likeness (QED) is 0.339. The van der Waals surface area contributed by atoms with Crippen LogP contribution in [0.15, 0.2) is 0 Å². The number of hydrogen-bond acceptors (Lipinski definition) is 5.